The first kappa shape index (κ1) is 8.77. The van der Waals surface area contributed by atoms with Crippen LogP contribution in [0.1, 0.15) is 13.8 Å². The number of carbonyl (C=O) groups is 2. The third-order valence-corrected chi connectivity index (χ3v) is 1.59. The Balaban J connectivity index is 2.74. The fourth-order valence-corrected chi connectivity index (χ4v) is 1.04. The highest BCUT2D eigenvalue weighted by Gasteiger charge is 2.30. The van der Waals surface area contributed by atoms with E-state index in [1.54, 1.807) is 13.8 Å². The van der Waals surface area contributed by atoms with Crippen molar-refractivity contribution in [3.8, 4) is 0 Å². The summed E-state index contributed by atoms with van der Waals surface area (Å²) in [6, 6.07) is 0. The van der Waals surface area contributed by atoms with E-state index in [4.69, 9.17) is 4.74 Å². The molecule has 0 radical (unpaired) electrons. The highest BCUT2D eigenvalue weighted by Crippen LogP contribution is 2.12. The quantitative estimate of drug-likeness (QED) is 0.571. The van der Waals surface area contributed by atoms with E-state index in [1.807, 2.05) is 0 Å². The zero-order valence-electron chi connectivity index (χ0n) is 7.16. The molecule has 0 aromatic carbocycles. The first-order valence-electron chi connectivity index (χ1n) is 3.91. The van der Waals surface area contributed by atoms with Gasteiger partial charge in [-0.15, -0.1) is 0 Å². The lowest BCUT2D eigenvalue weighted by molar-refractivity contribution is -0.138. The maximum atomic E-state index is 11.2. The van der Waals surface area contributed by atoms with Gasteiger partial charge in [0.25, 0.3) is 11.8 Å². The van der Waals surface area contributed by atoms with E-state index in [9.17, 15) is 9.59 Å². The molecule has 4 heteroatoms. The standard InChI is InChI=1S/C8H11NO3/c1-3-9-7(10)5-6(8(9)11)12-4-2/h5H,3-4H2,1-2H3. The second kappa shape index (κ2) is 3.38. The van der Waals surface area contributed by atoms with Crippen LogP contribution in [0, 0.1) is 0 Å². The first-order valence-corrected chi connectivity index (χ1v) is 3.91. The van der Waals surface area contributed by atoms with Crippen molar-refractivity contribution in [2.75, 3.05) is 13.2 Å². The van der Waals surface area contributed by atoms with Crippen molar-refractivity contribution in [2.24, 2.45) is 0 Å². The maximum absolute atomic E-state index is 11.2. The molecule has 4 nitrogen and oxygen atoms in total. The molecule has 1 aliphatic rings. The van der Waals surface area contributed by atoms with Gasteiger partial charge >= 0.3 is 0 Å². The highest BCUT2D eigenvalue weighted by molar-refractivity contribution is 6.15. The van der Waals surface area contributed by atoms with E-state index in [2.05, 4.69) is 0 Å². The molecule has 0 aliphatic carbocycles. The summed E-state index contributed by atoms with van der Waals surface area (Å²) in [5.74, 6) is -0.459. The predicted octanol–water partition coefficient (Wildman–Crippen LogP) is 0.296. The Morgan fingerprint density at radius 1 is 1.42 bits per heavy atom. The van der Waals surface area contributed by atoms with Crippen LogP contribution in [0.3, 0.4) is 0 Å². The zero-order valence-corrected chi connectivity index (χ0v) is 7.16. The molecule has 0 spiro atoms. The van der Waals surface area contributed by atoms with Crippen LogP contribution in [0.25, 0.3) is 0 Å². The predicted molar refractivity (Wildman–Crippen MR) is 42.1 cm³/mol. The van der Waals surface area contributed by atoms with Crippen LogP contribution in [0.2, 0.25) is 0 Å². The Morgan fingerprint density at radius 3 is 2.50 bits per heavy atom. The fourth-order valence-electron chi connectivity index (χ4n) is 1.04. The van der Waals surface area contributed by atoms with Gasteiger partial charge < -0.3 is 4.74 Å². The van der Waals surface area contributed by atoms with Crippen LogP contribution >= 0.6 is 0 Å². The second-order valence-electron chi connectivity index (χ2n) is 2.33. The number of imide groups is 1. The molecule has 0 aromatic rings. The number of likely N-dealkylation sites (N-methyl/N-ethyl adjacent to an activating group) is 1. The summed E-state index contributed by atoms with van der Waals surface area (Å²) < 4.78 is 4.97. The van der Waals surface area contributed by atoms with Crippen molar-refractivity contribution in [3.63, 3.8) is 0 Å². The minimum atomic E-state index is -0.329. The van der Waals surface area contributed by atoms with Crippen molar-refractivity contribution in [1.29, 1.82) is 0 Å². The van der Waals surface area contributed by atoms with Crippen molar-refractivity contribution in [3.05, 3.63) is 11.8 Å². The summed E-state index contributed by atoms with van der Waals surface area (Å²) in [7, 11) is 0. The number of carbonyl (C=O) groups excluding carboxylic acids is 2. The number of amides is 2. The SMILES string of the molecule is CCOC1=CC(=O)N(CC)C1=O. The molecular formula is C8H11NO3. The summed E-state index contributed by atoms with van der Waals surface area (Å²) in [4.78, 5) is 23.4. The molecular weight excluding hydrogens is 158 g/mol. The lowest BCUT2D eigenvalue weighted by Crippen LogP contribution is -2.30. The van der Waals surface area contributed by atoms with E-state index in [-0.39, 0.29) is 17.6 Å². The molecule has 1 heterocycles. The van der Waals surface area contributed by atoms with Crippen molar-refractivity contribution < 1.29 is 14.3 Å². The summed E-state index contributed by atoms with van der Waals surface area (Å²) in [6.07, 6.45) is 1.23. The average Bonchev–Trinajstić information content (AvgIpc) is 2.29. The Hall–Kier alpha value is -1.32. The molecule has 0 fully saturated rings. The summed E-state index contributed by atoms with van der Waals surface area (Å²) in [5.41, 5.74) is 0. The van der Waals surface area contributed by atoms with E-state index >= 15 is 0 Å². The van der Waals surface area contributed by atoms with Gasteiger partial charge in [0, 0.05) is 6.54 Å². The molecule has 66 valence electrons. The van der Waals surface area contributed by atoms with E-state index in [1.165, 1.54) is 6.08 Å². The van der Waals surface area contributed by atoms with Gasteiger partial charge in [0.2, 0.25) is 0 Å². The summed E-state index contributed by atoms with van der Waals surface area (Å²) >= 11 is 0. The average molecular weight is 169 g/mol. The molecule has 0 bridgehead atoms. The number of nitrogens with zero attached hydrogens (tertiary/aromatic N) is 1. The fraction of sp³-hybridized carbons (Fsp3) is 0.500. The Labute approximate surface area is 70.8 Å². The molecule has 2 amide bonds. The summed E-state index contributed by atoms with van der Waals surface area (Å²) in [6.45, 7) is 4.32. The monoisotopic (exact) mass is 169 g/mol. The first-order chi connectivity index (χ1) is 5.70. The molecule has 0 aromatic heterocycles. The molecule has 1 rings (SSSR count). The normalized spacial score (nSPS) is 16.8. The van der Waals surface area contributed by atoms with Crippen LogP contribution in [0.4, 0.5) is 0 Å². The van der Waals surface area contributed by atoms with Gasteiger partial charge in [-0.25, -0.2) is 0 Å². The third-order valence-electron chi connectivity index (χ3n) is 1.59. The molecule has 0 saturated heterocycles. The third kappa shape index (κ3) is 1.32. The van der Waals surface area contributed by atoms with Crippen molar-refractivity contribution >= 4 is 11.8 Å². The minimum Gasteiger partial charge on any atom is -0.488 e. The molecule has 1 aliphatic heterocycles. The topological polar surface area (TPSA) is 46.6 Å². The van der Waals surface area contributed by atoms with Crippen LogP contribution < -0.4 is 0 Å². The van der Waals surface area contributed by atoms with Gasteiger partial charge in [-0.1, -0.05) is 0 Å². The van der Waals surface area contributed by atoms with E-state index in [0.717, 1.165) is 4.90 Å². The van der Waals surface area contributed by atoms with Crippen LogP contribution in [0.5, 0.6) is 0 Å². The Bertz CT molecular complexity index is 245. The highest BCUT2D eigenvalue weighted by atomic mass is 16.5. The molecule has 0 N–H and O–H groups in total. The van der Waals surface area contributed by atoms with Gasteiger partial charge in [0.15, 0.2) is 5.76 Å². The molecule has 0 unspecified atom stereocenters. The number of ether oxygens (including phenoxy) is 1. The van der Waals surface area contributed by atoms with Gasteiger partial charge in [-0.2, -0.15) is 0 Å². The molecule has 0 atom stereocenters. The second-order valence-corrected chi connectivity index (χ2v) is 2.33. The van der Waals surface area contributed by atoms with Crippen LogP contribution in [0.15, 0.2) is 11.8 Å². The van der Waals surface area contributed by atoms with Gasteiger partial charge in [0.05, 0.1) is 12.7 Å². The lowest BCUT2D eigenvalue weighted by Gasteiger charge is -2.10. The molecule has 12 heavy (non-hydrogen) atoms. The zero-order chi connectivity index (χ0) is 9.14. The Kier molecular flexibility index (Phi) is 2.47. The van der Waals surface area contributed by atoms with E-state index in [0.29, 0.717) is 13.2 Å². The lowest BCUT2D eigenvalue weighted by atomic mass is 10.5. The van der Waals surface area contributed by atoms with Crippen LogP contribution in [-0.2, 0) is 14.3 Å². The maximum Gasteiger partial charge on any atom is 0.295 e. The molecule has 0 saturated carbocycles. The number of hydrogen-bond donors (Lipinski definition) is 0. The summed E-state index contributed by atoms with van der Waals surface area (Å²) in [5, 5.41) is 0. The van der Waals surface area contributed by atoms with Crippen LogP contribution in [-0.4, -0.2) is 29.9 Å². The van der Waals surface area contributed by atoms with Gasteiger partial charge in [-0.05, 0) is 13.8 Å². The largest absolute Gasteiger partial charge is 0.488 e. The van der Waals surface area contributed by atoms with Gasteiger partial charge in [0.1, 0.15) is 0 Å². The van der Waals surface area contributed by atoms with Crippen molar-refractivity contribution in [2.45, 2.75) is 13.8 Å². The van der Waals surface area contributed by atoms with Crippen molar-refractivity contribution in [1.82, 2.24) is 4.90 Å². The number of hydrogen-bond acceptors (Lipinski definition) is 3. The van der Waals surface area contributed by atoms with Gasteiger partial charge in [-0.3, -0.25) is 14.5 Å². The number of rotatable bonds is 3. The Morgan fingerprint density at radius 2 is 2.08 bits per heavy atom. The smallest absolute Gasteiger partial charge is 0.295 e. The minimum absolute atomic E-state index is 0.157. The van der Waals surface area contributed by atoms with E-state index < -0.39 is 0 Å².